The Balaban J connectivity index is 1.33. The fourth-order valence-electron chi connectivity index (χ4n) is 5.56. The number of nitrogens with two attached hydrogens (primary N) is 1. The predicted octanol–water partition coefficient (Wildman–Crippen LogP) is 0.591. The Bertz CT molecular complexity index is 1350. The van der Waals surface area contributed by atoms with Crippen molar-refractivity contribution in [3.8, 4) is 11.5 Å². The van der Waals surface area contributed by atoms with Gasteiger partial charge < -0.3 is 34.6 Å². The number of benzene rings is 1. The van der Waals surface area contributed by atoms with E-state index in [-0.39, 0.29) is 5.56 Å². The lowest BCUT2D eigenvalue weighted by atomic mass is 10.1. The number of hydrogen-bond donors (Lipinski definition) is 1. The van der Waals surface area contributed by atoms with Crippen molar-refractivity contribution in [3.63, 3.8) is 0 Å². The van der Waals surface area contributed by atoms with Gasteiger partial charge in [-0.1, -0.05) is 0 Å². The minimum atomic E-state index is -0.611. The van der Waals surface area contributed by atoms with E-state index in [1.54, 1.807) is 7.11 Å². The Morgan fingerprint density at radius 2 is 1.88 bits per heavy atom. The van der Waals surface area contributed by atoms with E-state index >= 15 is 0 Å². The third-order valence-electron chi connectivity index (χ3n) is 7.87. The van der Waals surface area contributed by atoms with Crippen molar-refractivity contribution in [2.45, 2.75) is 6.42 Å². The van der Waals surface area contributed by atoms with Crippen molar-refractivity contribution in [3.05, 3.63) is 35.2 Å². The van der Waals surface area contributed by atoms with Gasteiger partial charge in [0.25, 0.3) is 5.91 Å². The summed E-state index contributed by atoms with van der Waals surface area (Å²) < 4.78 is 17.5. The maximum atomic E-state index is 12.5. The molecule has 2 N–H and O–H groups in total. The number of amidine groups is 2. The number of anilines is 1. The zero-order valence-corrected chi connectivity index (χ0v) is 23.7. The van der Waals surface area contributed by atoms with Crippen molar-refractivity contribution in [2.24, 2.45) is 15.7 Å². The van der Waals surface area contributed by atoms with Crippen molar-refractivity contribution in [1.29, 1.82) is 0 Å². The first-order chi connectivity index (χ1) is 20.0. The van der Waals surface area contributed by atoms with Gasteiger partial charge in [0.05, 0.1) is 39.0 Å². The molecule has 41 heavy (non-hydrogen) atoms. The molecule has 1 aromatic carbocycles. The molecule has 4 aliphatic rings. The number of aromatic nitrogens is 2. The number of carbonyl (C=O) groups is 1. The molecule has 0 bridgehead atoms. The van der Waals surface area contributed by atoms with Crippen molar-refractivity contribution < 1.29 is 19.0 Å². The van der Waals surface area contributed by atoms with Gasteiger partial charge in [-0.2, -0.15) is 0 Å². The second-order valence-corrected chi connectivity index (χ2v) is 10.5. The number of ether oxygens (including phenoxy) is 3. The van der Waals surface area contributed by atoms with Gasteiger partial charge in [-0.25, -0.2) is 15.0 Å². The van der Waals surface area contributed by atoms with Crippen molar-refractivity contribution in [2.75, 3.05) is 97.8 Å². The topological polar surface area (TPSA) is 134 Å². The molecule has 2 saturated heterocycles. The number of methoxy groups -OCH3 is 1. The molecule has 0 radical (unpaired) electrons. The van der Waals surface area contributed by atoms with Gasteiger partial charge in [0.15, 0.2) is 17.3 Å². The summed E-state index contributed by atoms with van der Waals surface area (Å²) in [4.78, 5) is 40.5. The maximum Gasteiger partial charge on any atom is 0.252 e. The average molecular weight is 564 g/mol. The SMILES string of the molecule is COc1c(OCCCN2CCOCC2)ccc2c1N=C(c1nc(N3CCN(C)CC3)ncc1C(N)=O)N1CCN=C21. The fraction of sp³-hybridized carbons (Fsp3) is 0.536. The van der Waals surface area contributed by atoms with Crippen LogP contribution in [0, 0.1) is 0 Å². The first kappa shape index (κ1) is 27.4. The second-order valence-electron chi connectivity index (χ2n) is 10.5. The number of carbonyl (C=O) groups excluding carboxylic acids is 1. The Morgan fingerprint density at radius 1 is 1.07 bits per heavy atom. The summed E-state index contributed by atoms with van der Waals surface area (Å²) in [5.74, 6) is 2.34. The van der Waals surface area contributed by atoms with Crippen LogP contribution >= 0.6 is 0 Å². The maximum absolute atomic E-state index is 12.5. The van der Waals surface area contributed by atoms with E-state index in [4.69, 9.17) is 34.9 Å². The number of fused-ring (bicyclic) bond motifs is 3. The molecule has 1 amide bonds. The Morgan fingerprint density at radius 3 is 2.63 bits per heavy atom. The largest absolute Gasteiger partial charge is 0.491 e. The fourth-order valence-corrected chi connectivity index (χ4v) is 5.56. The molecule has 5 heterocycles. The molecular formula is C28H37N9O4. The number of rotatable bonds is 9. The highest BCUT2D eigenvalue weighted by atomic mass is 16.5. The van der Waals surface area contributed by atoms with Crippen LogP contribution < -0.4 is 20.1 Å². The number of aliphatic imine (C=N–C) groups is 2. The van der Waals surface area contributed by atoms with E-state index in [0.717, 1.165) is 76.8 Å². The second kappa shape index (κ2) is 12.0. The number of piperazine rings is 1. The molecule has 6 rings (SSSR count). The lowest BCUT2D eigenvalue weighted by Gasteiger charge is -2.33. The van der Waals surface area contributed by atoms with Crippen molar-refractivity contribution >= 4 is 29.2 Å². The highest BCUT2D eigenvalue weighted by Gasteiger charge is 2.35. The lowest BCUT2D eigenvalue weighted by molar-refractivity contribution is 0.0357. The monoisotopic (exact) mass is 563 g/mol. The predicted molar refractivity (Wildman–Crippen MR) is 155 cm³/mol. The van der Waals surface area contributed by atoms with Gasteiger partial charge >= 0.3 is 0 Å². The first-order valence-electron chi connectivity index (χ1n) is 14.2. The van der Waals surface area contributed by atoms with Gasteiger partial charge in [-0.15, -0.1) is 0 Å². The van der Waals surface area contributed by atoms with E-state index in [2.05, 4.69) is 26.7 Å². The molecule has 13 heteroatoms. The standard InChI is InChI=1S/C28H37N9O4/c1-34-9-11-36(12-10-34)28-31-18-20(25(29)38)23(33-28)27-32-22-19(26-30-6-8-37(26)27)4-5-21(24(22)39-2)41-15-3-7-35-13-16-40-17-14-35/h4-5,18H,3,6-17H2,1-2H3,(H2,29,38). The molecule has 13 nitrogen and oxygen atoms in total. The molecule has 0 saturated carbocycles. The first-order valence-corrected chi connectivity index (χ1v) is 14.2. The van der Waals surface area contributed by atoms with Crippen molar-refractivity contribution in [1.82, 2.24) is 24.7 Å². The Kier molecular flexibility index (Phi) is 7.99. The molecule has 2 fully saturated rings. The normalized spacial score (nSPS) is 19.4. The molecular weight excluding hydrogens is 526 g/mol. The quantitative estimate of drug-likeness (QED) is 0.432. The third kappa shape index (κ3) is 5.56. The summed E-state index contributed by atoms with van der Waals surface area (Å²) in [5, 5.41) is 0. The molecule has 0 aliphatic carbocycles. The Hall–Kier alpha value is -3.81. The van der Waals surface area contributed by atoms with E-state index in [1.807, 2.05) is 17.0 Å². The molecule has 1 aromatic heterocycles. The summed E-state index contributed by atoms with van der Waals surface area (Å²) in [6.07, 6.45) is 2.39. The van der Waals surface area contributed by atoms with Crippen LogP contribution in [0.2, 0.25) is 0 Å². The number of nitrogens with zero attached hydrogens (tertiary/aromatic N) is 8. The van der Waals surface area contributed by atoms with Crippen LogP contribution in [-0.4, -0.2) is 135 Å². The highest BCUT2D eigenvalue weighted by molar-refractivity contribution is 6.22. The molecule has 0 atom stereocenters. The zero-order valence-electron chi connectivity index (χ0n) is 23.7. The minimum absolute atomic E-state index is 0.214. The molecule has 218 valence electrons. The van der Waals surface area contributed by atoms with Gasteiger partial charge in [-0.3, -0.25) is 14.7 Å². The van der Waals surface area contributed by atoms with Crippen LogP contribution in [0.4, 0.5) is 11.6 Å². The van der Waals surface area contributed by atoms with Crippen LogP contribution in [0.5, 0.6) is 11.5 Å². The summed E-state index contributed by atoms with van der Waals surface area (Å²) in [5.41, 5.74) is 7.85. The summed E-state index contributed by atoms with van der Waals surface area (Å²) in [7, 11) is 3.71. The number of hydrogen-bond acceptors (Lipinski definition) is 12. The van der Waals surface area contributed by atoms with Crippen LogP contribution in [-0.2, 0) is 4.74 Å². The van der Waals surface area contributed by atoms with E-state index < -0.39 is 5.91 Å². The zero-order chi connectivity index (χ0) is 28.3. The third-order valence-corrected chi connectivity index (χ3v) is 7.87. The summed E-state index contributed by atoms with van der Waals surface area (Å²) in [6, 6.07) is 3.88. The minimum Gasteiger partial charge on any atom is -0.491 e. The highest BCUT2D eigenvalue weighted by Crippen LogP contribution is 2.44. The van der Waals surface area contributed by atoms with Crippen LogP contribution in [0.1, 0.15) is 28.0 Å². The molecule has 4 aliphatic heterocycles. The van der Waals surface area contributed by atoms with E-state index in [1.165, 1.54) is 6.20 Å². The number of primary amides is 1. The van der Waals surface area contributed by atoms with E-state index in [9.17, 15) is 4.79 Å². The van der Waals surface area contributed by atoms with Gasteiger partial charge in [0.2, 0.25) is 5.95 Å². The van der Waals surface area contributed by atoms with Crippen LogP contribution in [0.15, 0.2) is 28.3 Å². The average Bonchev–Trinajstić information content (AvgIpc) is 3.49. The molecule has 0 spiro atoms. The molecule has 0 unspecified atom stereocenters. The molecule has 2 aromatic rings. The van der Waals surface area contributed by atoms with Crippen LogP contribution in [0.25, 0.3) is 0 Å². The smallest absolute Gasteiger partial charge is 0.252 e. The van der Waals surface area contributed by atoms with Gasteiger partial charge in [-0.05, 0) is 25.6 Å². The summed E-state index contributed by atoms with van der Waals surface area (Å²) in [6.45, 7) is 9.54. The number of likely N-dealkylation sites (N-methyl/N-ethyl adjacent to an activating group) is 1. The number of morpholine rings is 1. The van der Waals surface area contributed by atoms with Gasteiger partial charge in [0, 0.05) is 64.1 Å². The van der Waals surface area contributed by atoms with Crippen LogP contribution in [0.3, 0.4) is 0 Å². The van der Waals surface area contributed by atoms with E-state index in [0.29, 0.717) is 54.4 Å². The lowest BCUT2D eigenvalue weighted by Crippen LogP contribution is -2.45. The Labute approximate surface area is 239 Å². The van der Waals surface area contributed by atoms with Gasteiger partial charge in [0.1, 0.15) is 17.2 Å². The number of amides is 1. The summed E-state index contributed by atoms with van der Waals surface area (Å²) >= 11 is 0.